The van der Waals surface area contributed by atoms with Crippen molar-refractivity contribution in [2.75, 3.05) is 27.4 Å². The van der Waals surface area contributed by atoms with Crippen LogP contribution in [-0.2, 0) is 11.2 Å². The van der Waals surface area contributed by atoms with Gasteiger partial charge in [0.05, 0.1) is 30.8 Å². The number of carbonyl (C=O) groups excluding carboxylic acids is 1. The van der Waals surface area contributed by atoms with E-state index in [1.807, 2.05) is 48.5 Å². The molecular weight excluding hydrogens is 344 g/mol. The maximum atomic E-state index is 12.3. The smallest absolute Gasteiger partial charge is 0.315 e. The van der Waals surface area contributed by atoms with Crippen molar-refractivity contribution >= 4 is 17.1 Å². The van der Waals surface area contributed by atoms with E-state index in [9.17, 15) is 4.79 Å². The average molecular weight is 368 g/mol. The van der Waals surface area contributed by atoms with Gasteiger partial charge in [-0.25, -0.2) is 9.78 Å². The Morgan fingerprint density at radius 3 is 2.63 bits per heavy atom. The van der Waals surface area contributed by atoms with E-state index in [1.54, 1.807) is 14.2 Å². The van der Waals surface area contributed by atoms with E-state index in [-0.39, 0.29) is 12.1 Å². The van der Waals surface area contributed by atoms with E-state index in [0.29, 0.717) is 25.4 Å². The first-order valence-electron chi connectivity index (χ1n) is 8.80. The Morgan fingerprint density at radius 2 is 1.93 bits per heavy atom. The number of benzene rings is 2. The molecule has 3 N–H and O–H groups in total. The number of methoxy groups -OCH3 is 2. The minimum absolute atomic E-state index is 0.258. The fraction of sp³-hybridized carbons (Fsp3) is 0.300. The summed E-state index contributed by atoms with van der Waals surface area (Å²) in [5.41, 5.74) is 2.88. The molecule has 0 unspecified atom stereocenters. The predicted molar refractivity (Wildman–Crippen MR) is 104 cm³/mol. The number of aromatic amines is 1. The Bertz CT molecular complexity index is 843. The number of nitrogens with zero attached hydrogens (tertiary/aromatic N) is 1. The highest BCUT2D eigenvalue weighted by Gasteiger charge is 2.19. The third kappa shape index (κ3) is 4.98. The van der Waals surface area contributed by atoms with Crippen molar-refractivity contribution in [3.63, 3.8) is 0 Å². The monoisotopic (exact) mass is 368 g/mol. The fourth-order valence-electron chi connectivity index (χ4n) is 2.83. The van der Waals surface area contributed by atoms with E-state index in [1.165, 1.54) is 0 Å². The Kier molecular flexibility index (Phi) is 6.27. The largest absolute Gasteiger partial charge is 0.497 e. The van der Waals surface area contributed by atoms with Gasteiger partial charge in [0, 0.05) is 13.7 Å². The summed E-state index contributed by atoms with van der Waals surface area (Å²) in [5, 5.41) is 5.78. The average Bonchev–Trinajstić information content (AvgIpc) is 3.12. The fourth-order valence-corrected chi connectivity index (χ4v) is 2.83. The van der Waals surface area contributed by atoms with Gasteiger partial charge in [-0.15, -0.1) is 0 Å². The van der Waals surface area contributed by atoms with Gasteiger partial charge in [-0.05, 0) is 36.2 Å². The van der Waals surface area contributed by atoms with Crippen molar-refractivity contribution in [2.24, 2.45) is 0 Å². The quantitative estimate of drug-likeness (QED) is 0.534. The molecule has 3 rings (SSSR count). The molecule has 0 saturated carbocycles. The summed E-state index contributed by atoms with van der Waals surface area (Å²) in [5.74, 6) is 1.51. The van der Waals surface area contributed by atoms with Crippen LogP contribution in [0.1, 0.15) is 17.4 Å². The number of imidazole rings is 1. The Balaban J connectivity index is 1.79. The second-order valence-electron chi connectivity index (χ2n) is 6.14. The molecule has 2 aromatic carbocycles. The number of rotatable bonds is 8. The summed E-state index contributed by atoms with van der Waals surface area (Å²) >= 11 is 0. The third-order valence-electron chi connectivity index (χ3n) is 4.23. The van der Waals surface area contributed by atoms with E-state index < -0.39 is 0 Å². The number of hydrogen-bond donors (Lipinski definition) is 3. The number of amides is 2. The second kappa shape index (κ2) is 9.05. The van der Waals surface area contributed by atoms with Crippen LogP contribution in [0.4, 0.5) is 4.79 Å². The first-order chi connectivity index (χ1) is 13.2. The van der Waals surface area contributed by atoms with Crippen molar-refractivity contribution < 1.29 is 14.3 Å². The lowest BCUT2D eigenvalue weighted by atomic mass is 10.1. The standard InChI is InChI=1S/C20H24N4O3/c1-26-12-11-21-20(25)24-18(13-14-7-9-15(27-2)10-8-14)19-22-16-5-3-4-6-17(16)23-19/h3-10,18H,11-13H2,1-2H3,(H,22,23)(H2,21,24,25)/t18-/m1/s1. The lowest BCUT2D eigenvalue weighted by Gasteiger charge is -2.17. The van der Waals surface area contributed by atoms with Crippen molar-refractivity contribution in [3.05, 3.63) is 59.9 Å². The van der Waals surface area contributed by atoms with Gasteiger partial charge >= 0.3 is 6.03 Å². The molecule has 0 spiro atoms. The highest BCUT2D eigenvalue weighted by Crippen LogP contribution is 2.21. The molecule has 0 bridgehead atoms. The maximum Gasteiger partial charge on any atom is 0.315 e. The molecule has 0 aliphatic rings. The molecule has 0 aliphatic heterocycles. The lowest BCUT2D eigenvalue weighted by Crippen LogP contribution is -2.40. The van der Waals surface area contributed by atoms with Crippen molar-refractivity contribution in [1.29, 1.82) is 0 Å². The highest BCUT2D eigenvalue weighted by molar-refractivity contribution is 5.76. The van der Waals surface area contributed by atoms with Crippen molar-refractivity contribution in [1.82, 2.24) is 20.6 Å². The van der Waals surface area contributed by atoms with E-state index >= 15 is 0 Å². The van der Waals surface area contributed by atoms with Gasteiger partial charge in [0.25, 0.3) is 0 Å². The third-order valence-corrected chi connectivity index (χ3v) is 4.23. The number of carbonyl (C=O) groups is 1. The molecule has 1 aromatic heterocycles. The number of hydrogen-bond acceptors (Lipinski definition) is 4. The summed E-state index contributed by atoms with van der Waals surface area (Å²) in [6.07, 6.45) is 0.599. The molecule has 2 amide bonds. The number of ether oxygens (including phenoxy) is 2. The second-order valence-corrected chi connectivity index (χ2v) is 6.14. The molecule has 1 heterocycles. The molecular formula is C20H24N4O3. The number of para-hydroxylation sites is 2. The first-order valence-corrected chi connectivity index (χ1v) is 8.80. The summed E-state index contributed by atoms with van der Waals surface area (Å²) < 4.78 is 10.2. The minimum atomic E-state index is -0.298. The zero-order valence-electron chi connectivity index (χ0n) is 15.5. The first kappa shape index (κ1) is 18.7. The van der Waals surface area contributed by atoms with Gasteiger partial charge in [0.1, 0.15) is 11.6 Å². The molecule has 0 aliphatic carbocycles. The number of nitrogens with one attached hydrogen (secondary N) is 3. The van der Waals surface area contributed by atoms with Crippen LogP contribution in [0, 0.1) is 0 Å². The zero-order chi connectivity index (χ0) is 19.1. The van der Waals surface area contributed by atoms with Gasteiger partial charge in [0.15, 0.2) is 0 Å². The molecule has 0 radical (unpaired) electrons. The Morgan fingerprint density at radius 1 is 1.15 bits per heavy atom. The van der Waals surface area contributed by atoms with Crippen LogP contribution in [0.5, 0.6) is 5.75 Å². The Labute approximate surface area is 158 Å². The van der Waals surface area contributed by atoms with E-state index in [0.717, 1.165) is 22.3 Å². The van der Waals surface area contributed by atoms with Crippen LogP contribution in [0.2, 0.25) is 0 Å². The van der Waals surface area contributed by atoms with Crippen LogP contribution in [-0.4, -0.2) is 43.4 Å². The highest BCUT2D eigenvalue weighted by atomic mass is 16.5. The number of fused-ring (bicyclic) bond motifs is 1. The summed E-state index contributed by atoms with van der Waals surface area (Å²) in [7, 11) is 3.23. The predicted octanol–water partition coefficient (Wildman–Crippen LogP) is 2.80. The van der Waals surface area contributed by atoms with Crippen LogP contribution < -0.4 is 15.4 Å². The normalized spacial score (nSPS) is 11.9. The topological polar surface area (TPSA) is 88.3 Å². The molecule has 142 valence electrons. The summed E-state index contributed by atoms with van der Waals surface area (Å²) in [6, 6.07) is 15.0. The SMILES string of the molecule is COCCNC(=O)N[C@H](Cc1ccc(OC)cc1)c1nc2ccccc2[nH]1. The Hall–Kier alpha value is -3.06. The van der Waals surface area contributed by atoms with Gasteiger partial charge in [-0.2, -0.15) is 0 Å². The van der Waals surface area contributed by atoms with Gasteiger partial charge in [-0.3, -0.25) is 0 Å². The maximum absolute atomic E-state index is 12.3. The van der Waals surface area contributed by atoms with Gasteiger partial charge < -0.3 is 25.1 Å². The molecule has 0 saturated heterocycles. The van der Waals surface area contributed by atoms with E-state index in [4.69, 9.17) is 9.47 Å². The van der Waals surface area contributed by atoms with Crippen LogP contribution in [0.15, 0.2) is 48.5 Å². The number of urea groups is 1. The van der Waals surface area contributed by atoms with Gasteiger partial charge in [0.2, 0.25) is 0 Å². The zero-order valence-corrected chi connectivity index (χ0v) is 15.5. The van der Waals surface area contributed by atoms with Crippen molar-refractivity contribution in [2.45, 2.75) is 12.5 Å². The van der Waals surface area contributed by atoms with Gasteiger partial charge in [-0.1, -0.05) is 24.3 Å². The molecule has 3 aromatic rings. The molecule has 1 atom stereocenters. The lowest BCUT2D eigenvalue weighted by molar-refractivity contribution is 0.195. The summed E-state index contributed by atoms with van der Waals surface area (Å²) in [6.45, 7) is 0.902. The summed E-state index contributed by atoms with van der Waals surface area (Å²) in [4.78, 5) is 20.2. The van der Waals surface area contributed by atoms with Crippen LogP contribution in [0.25, 0.3) is 11.0 Å². The van der Waals surface area contributed by atoms with E-state index in [2.05, 4.69) is 20.6 Å². The van der Waals surface area contributed by atoms with Crippen LogP contribution >= 0.6 is 0 Å². The van der Waals surface area contributed by atoms with Crippen molar-refractivity contribution in [3.8, 4) is 5.75 Å². The molecule has 27 heavy (non-hydrogen) atoms. The molecule has 7 heteroatoms. The number of aromatic nitrogens is 2. The molecule has 7 nitrogen and oxygen atoms in total. The van der Waals surface area contributed by atoms with Crippen LogP contribution in [0.3, 0.4) is 0 Å². The minimum Gasteiger partial charge on any atom is -0.497 e. The number of H-pyrrole nitrogens is 1. The molecule has 0 fully saturated rings.